The van der Waals surface area contributed by atoms with Crippen LogP contribution in [0.25, 0.3) is 10.2 Å². The summed E-state index contributed by atoms with van der Waals surface area (Å²) in [5.41, 5.74) is 4.55. The largest absolute Gasteiger partial charge is 0.245 e. The Morgan fingerprint density at radius 3 is 2.59 bits per heavy atom. The van der Waals surface area contributed by atoms with Gasteiger partial charge in [-0.1, -0.05) is 18.2 Å². The molecular formula is C13H9N3S. The lowest BCUT2D eigenvalue weighted by molar-refractivity contribution is 1.23. The Bertz CT molecular complexity index is 658. The van der Waals surface area contributed by atoms with E-state index in [1.807, 2.05) is 54.0 Å². The van der Waals surface area contributed by atoms with E-state index in [9.17, 15) is 0 Å². The highest BCUT2D eigenvalue weighted by Crippen LogP contribution is 2.25. The Balaban J connectivity index is 1.92. The van der Waals surface area contributed by atoms with Crippen LogP contribution in [0.15, 0.2) is 64.3 Å². The lowest BCUT2D eigenvalue weighted by Gasteiger charge is -1.93. The van der Waals surface area contributed by atoms with Crippen LogP contribution in [0.5, 0.6) is 0 Å². The van der Waals surface area contributed by atoms with Crippen LogP contribution in [0.2, 0.25) is 0 Å². The van der Waals surface area contributed by atoms with E-state index in [4.69, 9.17) is 0 Å². The fourth-order valence-corrected chi connectivity index (χ4v) is 2.23. The van der Waals surface area contributed by atoms with Gasteiger partial charge in [-0.3, -0.25) is 0 Å². The van der Waals surface area contributed by atoms with Crippen molar-refractivity contribution in [2.45, 2.75) is 0 Å². The molecule has 0 fully saturated rings. The molecule has 1 heterocycles. The molecule has 82 valence electrons. The molecule has 2 aromatic carbocycles. The van der Waals surface area contributed by atoms with Gasteiger partial charge in [0.25, 0.3) is 0 Å². The van der Waals surface area contributed by atoms with Crippen LogP contribution in [0.4, 0.5) is 11.4 Å². The predicted octanol–water partition coefficient (Wildman–Crippen LogP) is 4.71. The molecule has 1 aromatic heterocycles. The molecule has 3 nitrogen and oxygen atoms in total. The molecule has 0 bridgehead atoms. The number of hydrogen-bond acceptors (Lipinski definition) is 4. The fraction of sp³-hybridized carbons (Fsp3) is 0. The van der Waals surface area contributed by atoms with Gasteiger partial charge in [0.05, 0.1) is 27.1 Å². The molecule has 0 atom stereocenters. The van der Waals surface area contributed by atoms with Crippen LogP contribution < -0.4 is 0 Å². The van der Waals surface area contributed by atoms with Gasteiger partial charge in [0.1, 0.15) is 0 Å². The Labute approximate surface area is 102 Å². The minimum Gasteiger partial charge on any atom is -0.245 e. The summed E-state index contributed by atoms with van der Waals surface area (Å²) in [5.74, 6) is 0. The number of azo groups is 1. The summed E-state index contributed by atoms with van der Waals surface area (Å²) < 4.78 is 1.13. The standard InChI is InChI=1S/C13H9N3S/c1-2-4-10(5-3-1)15-16-11-6-7-12-13(8-11)17-9-14-12/h1-9H. The first-order chi connectivity index (χ1) is 8.42. The quantitative estimate of drug-likeness (QED) is 0.596. The average molecular weight is 239 g/mol. The van der Waals surface area contributed by atoms with Crippen molar-refractivity contribution in [2.75, 3.05) is 0 Å². The van der Waals surface area contributed by atoms with Gasteiger partial charge in [-0.05, 0) is 30.3 Å². The number of nitrogens with zero attached hydrogens (tertiary/aromatic N) is 3. The highest BCUT2D eigenvalue weighted by Gasteiger charge is 1.97. The number of hydrogen-bond donors (Lipinski definition) is 0. The minimum absolute atomic E-state index is 0.852. The van der Waals surface area contributed by atoms with Gasteiger partial charge in [-0.2, -0.15) is 10.2 Å². The zero-order valence-corrected chi connectivity index (χ0v) is 9.76. The van der Waals surface area contributed by atoms with E-state index >= 15 is 0 Å². The molecule has 17 heavy (non-hydrogen) atoms. The maximum Gasteiger partial charge on any atom is 0.0872 e. The van der Waals surface area contributed by atoms with Crippen molar-refractivity contribution in [3.05, 3.63) is 54.0 Å². The fourth-order valence-electron chi connectivity index (χ4n) is 1.52. The SMILES string of the molecule is c1ccc(N=Nc2ccc3ncsc3c2)cc1. The molecule has 0 aliphatic rings. The van der Waals surface area contributed by atoms with E-state index in [1.54, 1.807) is 11.3 Å². The molecule has 3 rings (SSSR count). The van der Waals surface area contributed by atoms with E-state index in [-0.39, 0.29) is 0 Å². The molecule has 0 aliphatic carbocycles. The lowest BCUT2D eigenvalue weighted by atomic mass is 10.3. The first-order valence-corrected chi connectivity index (χ1v) is 6.10. The summed E-state index contributed by atoms with van der Waals surface area (Å²) in [7, 11) is 0. The summed E-state index contributed by atoms with van der Waals surface area (Å²) >= 11 is 1.61. The summed E-state index contributed by atoms with van der Waals surface area (Å²) in [6, 6.07) is 15.6. The lowest BCUT2D eigenvalue weighted by Crippen LogP contribution is -1.67. The zero-order valence-electron chi connectivity index (χ0n) is 8.95. The minimum atomic E-state index is 0.852. The molecule has 0 N–H and O–H groups in total. The number of thiazole rings is 1. The molecule has 3 aromatic rings. The van der Waals surface area contributed by atoms with Gasteiger partial charge in [-0.15, -0.1) is 11.3 Å². The van der Waals surface area contributed by atoms with Crippen molar-refractivity contribution in [1.29, 1.82) is 0 Å². The molecular weight excluding hydrogens is 230 g/mol. The van der Waals surface area contributed by atoms with Gasteiger partial charge >= 0.3 is 0 Å². The first kappa shape index (κ1) is 10.1. The second kappa shape index (κ2) is 4.43. The predicted molar refractivity (Wildman–Crippen MR) is 70.2 cm³/mol. The van der Waals surface area contributed by atoms with Crippen molar-refractivity contribution in [3.8, 4) is 0 Å². The zero-order chi connectivity index (χ0) is 11.5. The van der Waals surface area contributed by atoms with Crippen LogP contribution in [-0.2, 0) is 0 Å². The third kappa shape index (κ3) is 2.21. The smallest absolute Gasteiger partial charge is 0.0872 e. The van der Waals surface area contributed by atoms with Crippen LogP contribution in [0.1, 0.15) is 0 Å². The monoisotopic (exact) mass is 239 g/mol. The van der Waals surface area contributed by atoms with Gasteiger partial charge in [0.2, 0.25) is 0 Å². The van der Waals surface area contributed by atoms with E-state index in [2.05, 4.69) is 15.2 Å². The maximum atomic E-state index is 4.22. The molecule has 0 radical (unpaired) electrons. The van der Waals surface area contributed by atoms with Crippen molar-refractivity contribution in [2.24, 2.45) is 10.2 Å². The number of fused-ring (bicyclic) bond motifs is 1. The van der Waals surface area contributed by atoms with Crippen molar-refractivity contribution in [1.82, 2.24) is 4.98 Å². The third-order valence-corrected chi connectivity index (χ3v) is 3.14. The maximum absolute atomic E-state index is 4.22. The molecule has 0 spiro atoms. The average Bonchev–Trinajstić information content (AvgIpc) is 2.85. The van der Waals surface area contributed by atoms with Crippen LogP contribution >= 0.6 is 11.3 Å². The number of benzene rings is 2. The summed E-state index contributed by atoms with van der Waals surface area (Å²) in [6.07, 6.45) is 0. The normalized spacial score (nSPS) is 11.3. The molecule has 0 saturated heterocycles. The molecule has 4 heteroatoms. The first-order valence-electron chi connectivity index (χ1n) is 5.22. The Kier molecular flexibility index (Phi) is 2.63. The van der Waals surface area contributed by atoms with Gasteiger partial charge < -0.3 is 0 Å². The Morgan fingerprint density at radius 2 is 1.71 bits per heavy atom. The van der Waals surface area contributed by atoms with E-state index < -0.39 is 0 Å². The van der Waals surface area contributed by atoms with E-state index in [0.29, 0.717) is 0 Å². The highest BCUT2D eigenvalue weighted by atomic mass is 32.1. The Morgan fingerprint density at radius 1 is 0.882 bits per heavy atom. The third-order valence-electron chi connectivity index (χ3n) is 2.35. The summed E-state index contributed by atoms with van der Waals surface area (Å²) in [4.78, 5) is 4.22. The highest BCUT2D eigenvalue weighted by molar-refractivity contribution is 7.16. The van der Waals surface area contributed by atoms with E-state index in [0.717, 1.165) is 21.6 Å². The van der Waals surface area contributed by atoms with Crippen LogP contribution in [0.3, 0.4) is 0 Å². The van der Waals surface area contributed by atoms with Crippen molar-refractivity contribution in [3.63, 3.8) is 0 Å². The topological polar surface area (TPSA) is 37.6 Å². The summed E-state index contributed by atoms with van der Waals surface area (Å²) in [6.45, 7) is 0. The van der Waals surface area contributed by atoms with Crippen molar-refractivity contribution < 1.29 is 0 Å². The van der Waals surface area contributed by atoms with Gasteiger partial charge in [-0.25, -0.2) is 4.98 Å². The molecule has 0 unspecified atom stereocenters. The molecule has 0 saturated carbocycles. The van der Waals surface area contributed by atoms with E-state index in [1.165, 1.54) is 0 Å². The summed E-state index contributed by atoms with van der Waals surface area (Å²) in [5, 5.41) is 8.39. The molecule has 0 amide bonds. The Hall–Kier alpha value is -2.07. The van der Waals surface area contributed by atoms with Gasteiger partial charge in [0.15, 0.2) is 0 Å². The second-order valence-electron chi connectivity index (χ2n) is 3.54. The number of aromatic nitrogens is 1. The van der Waals surface area contributed by atoms with Crippen LogP contribution in [-0.4, -0.2) is 4.98 Å². The molecule has 0 aliphatic heterocycles. The van der Waals surface area contributed by atoms with Crippen LogP contribution in [0, 0.1) is 0 Å². The number of rotatable bonds is 2. The van der Waals surface area contributed by atoms with Crippen molar-refractivity contribution >= 4 is 32.9 Å². The second-order valence-corrected chi connectivity index (χ2v) is 4.43. The van der Waals surface area contributed by atoms with Gasteiger partial charge in [0, 0.05) is 0 Å².